The molecular formula is C18H24N2. The maximum absolute atomic E-state index is 6.00. The molecule has 0 fully saturated rings. The van der Waals surface area contributed by atoms with Crippen molar-refractivity contribution in [2.45, 2.75) is 32.7 Å². The first-order valence-electron chi connectivity index (χ1n) is 7.25. The fourth-order valence-corrected chi connectivity index (χ4v) is 2.22. The number of hydrogen-bond acceptors (Lipinski definition) is 2. The lowest BCUT2D eigenvalue weighted by atomic mass is 10.0. The van der Waals surface area contributed by atoms with Crippen molar-refractivity contribution in [1.82, 2.24) is 0 Å². The highest BCUT2D eigenvalue weighted by molar-refractivity contribution is 5.62. The molecule has 2 nitrogen and oxygen atoms in total. The van der Waals surface area contributed by atoms with Gasteiger partial charge in [0.05, 0.1) is 0 Å². The van der Waals surface area contributed by atoms with E-state index >= 15 is 0 Å². The van der Waals surface area contributed by atoms with E-state index in [-0.39, 0.29) is 6.04 Å². The van der Waals surface area contributed by atoms with Crippen molar-refractivity contribution < 1.29 is 0 Å². The molecule has 2 N–H and O–H groups in total. The zero-order chi connectivity index (χ0) is 14.5. The summed E-state index contributed by atoms with van der Waals surface area (Å²) in [7, 11) is 2.09. The summed E-state index contributed by atoms with van der Waals surface area (Å²) in [6.07, 6.45) is 1.97. The zero-order valence-electron chi connectivity index (χ0n) is 12.6. The number of benzene rings is 2. The van der Waals surface area contributed by atoms with Crippen LogP contribution in [0.5, 0.6) is 0 Å². The SMILES string of the molecule is CCC(N)Cc1ccc(N(C)c2ccc(C)cc2)cc1. The molecule has 0 amide bonds. The Labute approximate surface area is 122 Å². The van der Waals surface area contributed by atoms with Crippen LogP contribution in [-0.4, -0.2) is 13.1 Å². The van der Waals surface area contributed by atoms with Gasteiger partial charge in [0.1, 0.15) is 0 Å². The predicted molar refractivity (Wildman–Crippen MR) is 87.7 cm³/mol. The maximum atomic E-state index is 6.00. The molecule has 0 spiro atoms. The second-order valence-corrected chi connectivity index (χ2v) is 5.43. The van der Waals surface area contributed by atoms with E-state index in [0.29, 0.717) is 0 Å². The van der Waals surface area contributed by atoms with Gasteiger partial charge < -0.3 is 10.6 Å². The largest absolute Gasteiger partial charge is 0.345 e. The summed E-state index contributed by atoms with van der Waals surface area (Å²) in [6.45, 7) is 4.24. The van der Waals surface area contributed by atoms with Crippen LogP contribution < -0.4 is 10.6 Å². The Morgan fingerprint density at radius 2 is 1.45 bits per heavy atom. The van der Waals surface area contributed by atoms with Crippen molar-refractivity contribution in [2.24, 2.45) is 5.73 Å². The van der Waals surface area contributed by atoms with Crippen LogP contribution in [0.15, 0.2) is 48.5 Å². The highest BCUT2D eigenvalue weighted by atomic mass is 15.1. The first-order valence-corrected chi connectivity index (χ1v) is 7.25. The molecular weight excluding hydrogens is 244 g/mol. The van der Waals surface area contributed by atoms with Crippen molar-refractivity contribution in [2.75, 3.05) is 11.9 Å². The molecule has 0 saturated carbocycles. The Bertz CT molecular complexity index is 528. The van der Waals surface area contributed by atoms with Crippen LogP contribution in [0.2, 0.25) is 0 Å². The van der Waals surface area contributed by atoms with E-state index in [1.807, 2.05) is 0 Å². The van der Waals surface area contributed by atoms with E-state index in [1.165, 1.54) is 22.5 Å². The molecule has 20 heavy (non-hydrogen) atoms. The molecule has 0 bridgehead atoms. The van der Waals surface area contributed by atoms with Crippen molar-refractivity contribution in [3.63, 3.8) is 0 Å². The van der Waals surface area contributed by atoms with Gasteiger partial charge in [0.15, 0.2) is 0 Å². The normalized spacial score (nSPS) is 12.2. The maximum Gasteiger partial charge on any atom is 0.0408 e. The Kier molecular flexibility index (Phi) is 4.80. The fraction of sp³-hybridized carbons (Fsp3) is 0.333. The summed E-state index contributed by atoms with van der Waals surface area (Å²) < 4.78 is 0. The van der Waals surface area contributed by atoms with E-state index in [9.17, 15) is 0 Å². The quantitative estimate of drug-likeness (QED) is 0.886. The van der Waals surface area contributed by atoms with Gasteiger partial charge in [-0.15, -0.1) is 0 Å². The highest BCUT2D eigenvalue weighted by Crippen LogP contribution is 2.24. The molecule has 1 unspecified atom stereocenters. The van der Waals surface area contributed by atoms with Crippen LogP contribution in [0, 0.1) is 6.92 Å². The molecule has 0 aliphatic carbocycles. The smallest absolute Gasteiger partial charge is 0.0408 e. The highest BCUT2D eigenvalue weighted by Gasteiger charge is 2.05. The average Bonchev–Trinajstić information content (AvgIpc) is 2.48. The lowest BCUT2D eigenvalue weighted by Crippen LogP contribution is -2.21. The Morgan fingerprint density at radius 1 is 0.950 bits per heavy atom. The van der Waals surface area contributed by atoms with Gasteiger partial charge in [0.2, 0.25) is 0 Å². The van der Waals surface area contributed by atoms with Crippen molar-refractivity contribution in [3.05, 3.63) is 59.7 Å². The molecule has 106 valence electrons. The third kappa shape index (κ3) is 3.61. The number of hydrogen-bond donors (Lipinski definition) is 1. The molecule has 0 radical (unpaired) electrons. The molecule has 2 rings (SSSR count). The van der Waals surface area contributed by atoms with Gasteiger partial charge in [-0.2, -0.15) is 0 Å². The van der Waals surface area contributed by atoms with Gasteiger partial charge in [-0.1, -0.05) is 36.8 Å². The monoisotopic (exact) mass is 268 g/mol. The fourth-order valence-electron chi connectivity index (χ4n) is 2.22. The number of nitrogens with zero attached hydrogens (tertiary/aromatic N) is 1. The summed E-state index contributed by atoms with van der Waals surface area (Å²) in [6, 6.07) is 17.5. The van der Waals surface area contributed by atoms with E-state index in [0.717, 1.165) is 12.8 Å². The van der Waals surface area contributed by atoms with Crippen LogP contribution in [0.4, 0.5) is 11.4 Å². The van der Waals surface area contributed by atoms with Crippen molar-refractivity contribution in [3.8, 4) is 0 Å². The lowest BCUT2D eigenvalue weighted by molar-refractivity contribution is 0.646. The van der Waals surface area contributed by atoms with Gasteiger partial charge >= 0.3 is 0 Å². The summed E-state index contributed by atoms with van der Waals surface area (Å²) in [5, 5.41) is 0. The number of rotatable bonds is 5. The van der Waals surface area contributed by atoms with E-state index < -0.39 is 0 Å². The molecule has 0 aliphatic rings. The number of aryl methyl sites for hydroxylation is 1. The summed E-state index contributed by atoms with van der Waals surface area (Å²) >= 11 is 0. The van der Waals surface area contributed by atoms with Crippen molar-refractivity contribution >= 4 is 11.4 Å². The molecule has 0 aliphatic heterocycles. The van der Waals surface area contributed by atoms with Crippen LogP contribution in [-0.2, 0) is 6.42 Å². The number of nitrogens with two attached hydrogens (primary N) is 1. The minimum atomic E-state index is 0.260. The Balaban J connectivity index is 2.11. The van der Waals surface area contributed by atoms with Gasteiger partial charge in [-0.25, -0.2) is 0 Å². The molecule has 0 saturated heterocycles. The van der Waals surface area contributed by atoms with Crippen LogP contribution >= 0.6 is 0 Å². The Morgan fingerprint density at radius 3 is 1.95 bits per heavy atom. The van der Waals surface area contributed by atoms with E-state index in [2.05, 4.69) is 74.3 Å². The van der Waals surface area contributed by atoms with Gasteiger partial charge in [0.25, 0.3) is 0 Å². The van der Waals surface area contributed by atoms with Crippen molar-refractivity contribution in [1.29, 1.82) is 0 Å². The second-order valence-electron chi connectivity index (χ2n) is 5.43. The lowest BCUT2D eigenvalue weighted by Gasteiger charge is -2.20. The van der Waals surface area contributed by atoms with E-state index in [4.69, 9.17) is 5.73 Å². The van der Waals surface area contributed by atoms with Crippen LogP contribution in [0.3, 0.4) is 0 Å². The summed E-state index contributed by atoms with van der Waals surface area (Å²) in [5.41, 5.74) is 11.0. The second kappa shape index (κ2) is 6.58. The molecule has 1 atom stereocenters. The number of anilines is 2. The summed E-state index contributed by atoms with van der Waals surface area (Å²) in [5.74, 6) is 0. The molecule has 2 aromatic rings. The van der Waals surface area contributed by atoms with Crippen LogP contribution in [0.1, 0.15) is 24.5 Å². The summed E-state index contributed by atoms with van der Waals surface area (Å²) in [4.78, 5) is 2.20. The molecule has 0 aromatic heterocycles. The van der Waals surface area contributed by atoms with Gasteiger partial charge in [0, 0.05) is 24.5 Å². The first kappa shape index (κ1) is 14.6. The first-order chi connectivity index (χ1) is 9.60. The molecule has 0 heterocycles. The molecule has 2 heteroatoms. The molecule has 2 aromatic carbocycles. The minimum absolute atomic E-state index is 0.260. The third-order valence-electron chi connectivity index (χ3n) is 3.77. The van der Waals surface area contributed by atoms with Gasteiger partial charge in [-0.3, -0.25) is 0 Å². The average molecular weight is 268 g/mol. The minimum Gasteiger partial charge on any atom is -0.345 e. The Hall–Kier alpha value is -1.80. The van der Waals surface area contributed by atoms with E-state index in [1.54, 1.807) is 0 Å². The van der Waals surface area contributed by atoms with Crippen LogP contribution in [0.25, 0.3) is 0 Å². The predicted octanol–water partition coefficient (Wildman–Crippen LogP) is 4.04. The topological polar surface area (TPSA) is 29.3 Å². The standard InChI is InChI=1S/C18H24N2/c1-4-16(19)13-15-7-11-18(12-8-15)20(3)17-9-5-14(2)6-10-17/h5-12,16H,4,13,19H2,1-3H3. The van der Waals surface area contributed by atoms with Gasteiger partial charge in [-0.05, 0) is 49.6 Å². The third-order valence-corrected chi connectivity index (χ3v) is 3.77. The zero-order valence-corrected chi connectivity index (χ0v) is 12.6.